The predicted molar refractivity (Wildman–Crippen MR) is 78.7 cm³/mol. The van der Waals surface area contributed by atoms with Gasteiger partial charge >= 0.3 is 6.03 Å². The molecule has 108 valence electrons. The number of carbonyl (C=O) groups excluding carboxylic acids is 2. The molecule has 0 aliphatic carbocycles. The number of hydrogen-bond donors (Lipinski definition) is 3. The third-order valence-electron chi connectivity index (χ3n) is 2.82. The molecule has 0 radical (unpaired) electrons. The van der Waals surface area contributed by atoms with Crippen molar-refractivity contribution < 1.29 is 14.0 Å². The molecule has 4 N–H and O–H groups in total. The molecule has 2 rings (SSSR count). The second-order valence-electron chi connectivity index (χ2n) is 4.46. The van der Waals surface area contributed by atoms with E-state index >= 15 is 0 Å². The summed E-state index contributed by atoms with van der Waals surface area (Å²) in [7, 11) is 0. The first-order chi connectivity index (χ1) is 9.97. The number of anilines is 2. The summed E-state index contributed by atoms with van der Waals surface area (Å²) in [6.07, 6.45) is 0. The first-order valence-electron chi connectivity index (χ1n) is 6.20. The summed E-state index contributed by atoms with van der Waals surface area (Å²) >= 11 is 0. The standard InChI is InChI=1S/C15H14FN3O2/c1-9-4-2-7-12(13(9)16)14(20)18-10-5-3-6-11(8-10)19-15(17)21/h2-8H,1H3,(H,18,20)(H3,17,19,21). The lowest BCUT2D eigenvalue weighted by atomic mass is 10.1. The van der Waals surface area contributed by atoms with Crippen molar-refractivity contribution in [1.82, 2.24) is 0 Å². The van der Waals surface area contributed by atoms with Crippen LogP contribution in [0.5, 0.6) is 0 Å². The van der Waals surface area contributed by atoms with E-state index in [9.17, 15) is 14.0 Å². The molecule has 0 spiro atoms. The van der Waals surface area contributed by atoms with Gasteiger partial charge in [-0.3, -0.25) is 4.79 Å². The number of halogens is 1. The highest BCUT2D eigenvalue weighted by Crippen LogP contribution is 2.18. The molecule has 0 heterocycles. The van der Waals surface area contributed by atoms with E-state index in [1.807, 2.05) is 0 Å². The minimum absolute atomic E-state index is 0.0386. The van der Waals surface area contributed by atoms with Gasteiger partial charge in [0.05, 0.1) is 5.56 Å². The average molecular weight is 287 g/mol. The van der Waals surface area contributed by atoms with Gasteiger partial charge in [0.1, 0.15) is 5.82 Å². The van der Waals surface area contributed by atoms with Gasteiger partial charge in [-0.2, -0.15) is 0 Å². The number of primary amides is 1. The summed E-state index contributed by atoms with van der Waals surface area (Å²) in [5.74, 6) is -1.12. The smallest absolute Gasteiger partial charge is 0.316 e. The number of hydrogen-bond acceptors (Lipinski definition) is 2. The van der Waals surface area contributed by atoms with Crippen LogP contribution in [0.4, 0.5) is 20.6 Å². The van der Waals surface area contributed by atoms with E-state index in [4.69, 9.17) is 5.73 Å². The van der Waals surface area contributed by atoms with Crippen molar-refractivity contribution >= 4 is 23.3 Å². The summed E-state index contributed by atoms with van der Waals surface area (Å²) < 4.78 is 13.9. The van der Waals surface area contributed by atoms with E-state index in [0.29, 0.717) is 16.9 Å². The lowest BCUT2D eigenvalue weighted by molar-refractivity contribution is 0.102. The number of aryl methyl sites for hydroxylation is 1. The predicted octanol–water partition coefficient (Wildman–Crippen LogP) is 2.88. The van der Waals surface area contributed by atoms with Crippen LogP contribution in [0.15, 0.2) is 42.5 Å². The molecule has 0 aliphatic rings. The van der Waals surface area contributed by atoms with Crippen LogP contribution in [0.2, 0.25) is 0 Å². The van der Waals surface area contributed by atoms with Crippen molar-refractivity contribution in [2.75, 3.05) is 10.6 Å². The van der Waals surface area contributed by atoms with Crippen molar-refractivity contribution in [2.45, 2.75) is 6.92 Å². The maximum Gasteiger partial charge on any atom is 0.316 e. The van der Waals surface area contributed by atoms with Gasteiger partial charge in [0.15, 0.2) is 0 Å². The number of nitrogens with one attached hydrogen (secondary N) is 2. The Labute approximate surface area is 121 Å². The summed E-state index contributed by atoms with van der Waals surface area (Å²) in [4.78, 5) is 22.8. The van der Waals surface area contributed by atoms with E-state index in [0.717, 1.165) is 0 Å². The Morgan fingerprint density at radius 1 is 1.05 bits per heavy atom. The Balaban J connectivity index is 2.20. The summed E-state index contributed by atoms with van der Waals surface area (Å²) in [5.41, 5.74) is 6.23. The Bertz CT molecular complexity index is 701. The molecule has 0 bridgehead atoms. The van der Waals surface area contributed by atoms with Crippen LogP contribution in [0, 0.1) is 12.7 Å². The lowest BCUT2D eigenvalue weighted by Crippen LogP contribution is -2.19. The highest BCUT2D eigenvalue weighted by atomic mass is 19.1. The summed E-state index contributed by atoms with van der Waals surface area (Å²) in [6, 6.07) is 10.3. The van der Waals surface area contributed by atoms with Crippen LogP contribution in [0.25, 0.3) is 0 Å². The third kappa shape index (κ3) is 3.56. The molecule has 5 nitrogen and oxygen atoms in total. The minimum Gasteiger partial charge on any atom is -0.351 e. The van der Waals surface area contributed by atoms with Crippen LogP contribution < -0.4 is 16.4 Å². The molecule has 0 saturated carbocycles. The monoisotopic (exact) mass is 287 g/mol. The molecule has 0 aliphatic heterocycles. The first-order valence-corrected chi connectivity index (χ1v) is 6.20. The fourth-order valence-electron chi connectivity index (χ4n) is 1.84. The average Bonchev–Trinajstić information content (AvgIpc) is 2.41. The highest BCUT2D eigenvalue weighted by molar-refractivity contribution is 6.05. The molecule has 0 aromatic heterocycles. The van der Waals surface area contributed by atoms with Crippen molar-refractivity contribution in [1.29, 1.82) is 0 Å². The first kappa shape index (κ1) is 14.5. The van der Waals surface area contributed by atoms with Crippen molar-refractivity contribution in [3.8, 4) is 0 Å². The van der Waals surface area contributed by atoms with Crippen LogP contribution in [0.3, 0.4) is 0 Å². The van der Waals surface area contributed by atoms with Crippen LogP contribution >= 0.6 is 0 Å². The third-order valence-corrected chi connectivity index (χ3v) is 2.82. The Hall–Kier alpha value is -2.89. The van der Waals surface area contributed by atoms with E-state index < -0.39 is 17.8 Å². The van der Waals surface area contributed by atoms with E-state index in [1.165, 1.54) is 12.1 Å². The van der Waals surface area contributed by atoms with Gasteiger partial charge in [-0.1, -0.05) is 18.2 Å². The Morgan fingerprint density at radius 2 is 1.67 bits per heavy atom. The molecule has 6 heteroatoms. The fraction of sp³-hybridized carbons (Fsp3) is 0.0667. The van der Waals surface area contributed by atoms with E-state index in [2.05, 4.69) is 10.6 Å². The Kier molecular flexibility index (Phi) is 4.18. The molecule has 2 aromatic carbocycles. The van der Waals surface area contributed by atoms with Crippen LogP contribution in [-0.4, -0.2) is 11.9 Å². The molecule has 3 amide bonds. The number of carbonyl (C=O) groups is 2. The molecule has 2 aromatic rings. The maximum atomic E-state index is 13.9. The molecule has 21 heavy (non-hydrogen) atoms. The number of benzene rings is 2. The van der Waals surface area contributed by atoms with Crippen LogP contribution in [-0.2, 0) is 0 Å². The zero-order chi connectivity index (χ0) is 15.4. The summed E-state index contributed by atoms with van der Waals surface area (Å²) in [6.45, 7) is 1.59. The number of urea groups is 1. The van der Waals surface area contributed by atoms with Crippen molar-refractivity contribution in [3.05, 3.63) is 59.4 Å². The fourth-order valence-corrected chi connectivity index (χ4v) is 1.84. The van der Waals surface area contributed by atoms with Crippen molar-refractivity contribution in [3.63, 3.8) is 0 Å². The molecule has 0 unspecified atom stereocenters. The molecular formula is C15H14FN3O2. The second kappa shape index (κ2) is 6.04. The van der Waals surface area contributed by atoms with Gasteiger partial charge in [-0.25, -0.2) is 9.18 Å². The summed E-state index contributed by atoms with van der Waals surface area (Å²) in [5, 5.41) is 4.96. The molecule has 0 atom stereocenters. The van der Waals surface area contributed by atoms with E-state index in [1.54, 1.807) is 37.3 Å². The van der Waals surface area contributed by atoms with Gasteiger partial charge < -0.3 is 16.4 Å². The number of nitrogens with two attached hydrogens (primary N) is 1. The Morgan fingerprint density at radius 3 is 2.33 bits per heavy atom. The van der Waals surface area contributed by atoms with Crippen molar-refractivity contribution in [2.24, 2.45) is 5.73 Å². The molecule has 0 fully saturated rings. The minimum atomic E-state index is -0.705. The maximum absolute atomic E-state index is 13.9. The number of amides is 3. The van der Waals surface area contributed by atoms with Gasteiger partial charge in [-0.05, 0) is 36.8 Å². The molecular weight excluding hydrogens is 273 g/mol. The quantitative estimate of drug-likeness (QED) is 0.811. The largest absolute Gasteiger partial charge is 0.351 e. The topological polar surface area (TPSA) is 84.2 Å². The van der Waals surface area contributed by atoms with E-state index in [-0.39, 0.29) is 5.56 Å². The molecule has 0 saturated heterocycles. The lowest BCUT2D eigenvalue weighted by Gasteiger charge is -2.09. The normalized spacial score (nSPS) is 10.0. The zero-order valence-corrected chi connectivity index (χ0v) is 11.3. The highest BCUT2D eigenvalue weighted by Gasteiger charge is 2.13. The van der Waals surface area contributed by atoms with Gasteiger partial charge in [0, 0.05) is 11.4 Å². The number of rotatable bonds is 3. The second-order valence-corrected chi connectivity index (χ2v) is 4.46. The van der Waals surface area contributed by atoms with Crippen LogP contribution in [0.1, 0.15) is 15.9 Å². The van der Waals surface area contributed by atoms with Gasteiger partial charge in [-0.15, -0.1) is 0 Å². The van der Waals surface area contributed by atoms with Gasteiger partial charge in [0.25, 0.3) is 5.91 Å². The van der Waals surface area contributed by atoms with Gasteiger partial charge in [0.2, 0.25) is 0 Å². The SMILES string of the molecule is Cc1cccc(C(=O)Nc2cccc(NC(N)=O)c2)c1F. The zero-order valence-electron chi connectivity index (χ0n) is 11.3.